The van der Waals surface area contributed by atoms with Crippen LogP contribution in [0.1, 0.15) is 6.42 Å². The molecule has 0 rings (SSSR count). The van der Waals surface area contributed by atoms with Crippen LogP contribution in [0, 0.1) is 0 Å². The molecule has 0 bridgehead atoms. The van der Waals surface area contributed by atoms with Crippen LogP contribution in [0.3, 0.4) is 0 Å². The molecule has 0 aromatic heterocycles. The van der Waals surface area contributed by atoms with Crippen molar-refractivity contribution in [2.24, 2.45) is 0 Å². The molecule has 0 saturated heterocycles. The number of hydrogen-bond donors (Lipinski definition) is 1. The lowest BCUT2D eigenvalue weighted by molar-refractivity contribution is -0.141. The van der Waals surface area contributed by atoms with Crippen LogP contribution >= 0.6 is 0 Å². The van der Waals surface area contributed by atoms with Crippen LogP contribution in [0.25, 0.3) is 0 Å². The minimum absolute atomic E-state index is 0.109. The molecule has 0 saturated carbocycles. The molecule has 16 heavy (non-hydrogen) atoms. The monoisotopic (exact) mass is 232 g/mol. The van der Waals surface area contributed by atoms with Crippen molar-refractivity contribution < 1.29 is 19.1 Å². The molecule has 6 nitrogen and oxygen atoms in total. The lowest BCUT2D eigenvalue weighted by atomic mass is 10.4. The second-order valence-corrected chi connectivity index (χ2v) is 3.44. The predicted octanol–water partition coefficient (Wildman–Crippen LogP) is -0.756. The molecule has 0 aliphatic rings. The highest BCUT2D eigenvalue weighted by molar-refractivity contribution is 5.79. The number of likely N-dealkylation sites (N-methyl/N-ethyl adjacent to an activating group) is 1. The fourth-order valence-corrected chi connectivity index (χ4v) is 1.09. The molecule has 0 spiro atoms. The summed E-state index contributed by atoms with van der Waals surface area (Å²) in [5, 5.41) is 2.73. The van der Waals surface area contributed by atoms with Gasteiger partial charge in [0.2, 0.25) is 5.91 Å². The summed E-state index contributed by atoms with van der Waals surface area (Å²) in [6.45, 7) is 1.50. The SMILES string of the molecule is COCCCNC(=O)CN(C)CC(=O)OC. The van der Waals surface area contributed by atoms with Crippen LogP contribution in [0.4, 0.5) is 0 Å². The summed E-state index contributed by atoms with van der Waals surface area (Å²) < 4.78 is 9.34. The molecule has 0 heterocycles. The van der Waals surface area contributed by atoms with E-state index in [9.17, 15) is 9.59 Å². The van der Waals surface area contributed by atoms with E-state index >= 15 is 0 Å². The molecule has 1 amide bonds. The number of methoxy groups -OCH3 is 2. The second kappa shape index (κ2) is 9.11. The third kappa shape index (κ3) is 8.19. The Balaban J connectivity index is 3.58. The number of ether oxygens (including phenoxy) is 2. The fourth-order valence-electron chi connectivity index (χ4n) is 1.09. The number of nitrogens with one attached hydrogen (secondary N) is 1. The van der Waals surface area contributed by atoms with Gasteiger partial charge >= 0.3 is 5.97 Å². The first kappa shape index (κ1) is 14.9. The van der Waals surface area contributed by atoms with E-state index in [0.29, 0.717) is 13.2 Å². The zero-order valence-electron chi connectivity index (χ0n) is 10.1. The minimum Gasteiger partial charge on any atom is -0.468 e. The standard InChI is InChI=1S/C10H20N2O4/c1-12(8-10(14)16-3)7-9(13)11-5-4-6-15-2/h4-8H2,1-3H3,(H,11,13). The van der Waals surface area contributed by atoms with E-state index in [4.69, 9.17) is 4.74 Å². The third-order valence-corrected chi connectivity index (χ3v) is 1.89. The second-order valence-electron chi connectivity index (χ2n) is 3.44. The van der Waals surface area contributed by atoms with Crippen molar-refractivity contribution in [1.82, 2.24) is 10.2 Å². The van der Waals surface area contributed by atoms with Crippen LogP contribution < -0.4 is 5.32 Å². The van der Waals surface area contributed by atoms with Gasteiger partial charge in [0.15, 0.2) is 0 Å². The number of esters is 1. The predicted molar refractivity (Wildman–Crippen MR) is 59.0 cm³/mol. The summed E-state index contributed by atoms with van der Waals surface area (Å²) >= 11 is 0. The van der Waals surface area contributed by atoms with Gasteiger partial charge in [0, 0.05) is 20.3 Å². The largest absolute Gasteiger partial charge is 0.468 e. The summed E-state index contributed by atoms with van der Waals surface area (Å²) in [7, 11) is 4.62. The number of rotatable bonds is 8. The van der Waals surface area contributed by atoms with Crippen LogP contribution in [0.15, 0.2) is 0 Å². The summed E-state index contributed by atoms with van der Waals surface area (Å²) in [4.78, 5) is 23.8. The Morgan fingerprint density at radius 2 is 1.94 bits per heavy atom. The molecular weight excluding hydrogens is 212 g/mol. The Morgan fingerprint density at radius 3 is 2.50 bits per heavy atom. The summed E-state index contributed by atoms with van der Waals surface area (Å²) in [6, 6.07) is 0. The Hall–Kier alpha value is -1.14. The van der Waals surface area contributed by atoms with Gasteiger partial charge in [-0.05, 0) is 13.5 Å². The van der Waals surface area contributed by atoms with Gasteiger partial charge in [-0.3, -0.25) is 14.5 Å². The van der Waals surface area contributed by atoms with Crippen molar-refractivity contribution in [2.45, 2.75) is 6.42 Å². The van der Waals surface area contributed by atoms with Crippen molar-refractivity contribution in [1.29, 1.82) is 0 Å². The number of hydrogen-bond acceptors (Lipinski definition) is 5. The molecule has 0 aliphatic heterocycles. The topological polar surface area (TPSA) is 67.9 Å². The number of amides is 1. The molecule has 6 heteroatoms. The van der Waals surface area contributed by atoms with Gasteiger partial charge in [0.05, 0.1) is 20.2 Å². The lowest BCUT2D eigenvalue weighted by Crippen LogP contribution is -2.38. The molecular formula is C10H20N2O4. The van der Waals surface area contributed by atoms with Crippen molar-refractivity contribution in [3.8, 4) is 0 Å². The summed E-state index contributed by atoms with van der Waals surface area (Å²) in [5.74, 6) is -0.461. The molecule has 0 aromatic rings. The van der Waals surface area contributed by atoms with E-state index in [2.05, 4.69) is 10.1 Å². The highest BCUT2D eigenvalue weighted by Gasteiger charge is 2.09. The van der Waals surface area contributed by atoms with Crippen LogP contribution in [0.2, 0.25) is 0 Å². The number of nitrogens with zero attached hydrogens (tertiary/aromatic N) is 1. The normalized spacial score (nSPS) is 10.2. The van der Waals surface area contributed by atoms with Gasteiger partial charge in [-0.1, -0.05) is 0 Å². The zero-order valence-corrected chi connectivity index (χ0v) is 10.1. The van der Waals surface area contributed by atoms with E-state index < -0.39 is 0 Å². The van der Waals surface area contributed by atoms with Gasteiger partial charge in [-0.25, -0.2) is 0 Å². The maximum absolute atomic E-state index is 11.3. The van der Waals surface area contributed by atoms with E-state index in [0.717, 1.165) is 6.42 Å². The molecule has 0 atom stereocenters. The lowest BCUT2D eigenvalue weighted by Gasteiger charge is -2.14. The average molecular weight is 232 g/mol. The quantitative estimate of drug-likeness (QED) is 0.440. The van der Waals surface area contributed by atoms with Gasteiger partial charge in [0.25, 0.3) is 0 Å². The van der Waals surface area contributed by atoms with Crippen LogP contribution in [0.5, 0.6) is 0 Å². The molecule has 0 unspecified atom stereocenters. The minimum atomic E-state index is -0.352. The first-order chi connectivity index (χ1) is 7.60. The highest BCUT2D eigenvalue weighted by Crippen LogP contribution is 1.85. The first-order valence-electron chi connectivity index (χ1n) is 5.11. The molecule has 94 valence electrons. The van der Waals surface area contributed by atoms with E-state index in [1.807, 2.05) is 0 Å². The Kier molecular flexibility index (Phi) is 8.46. The smallest absolute Gasteiger partial charge is 0.319 e. The summed E-state index contributed by atoms with van der Waals surface area (Å²) in [5.41, 5.74) is 0. The molecule has 0 aliphatic carbocycles. The van der Waals surface area contributed by atoms with E-state index in [-0.39, 0.29) is 25.0 Å². The van der Waals surface area contributed by atoms with Crippen molar-refractivity contribution in [2.75, 3.05) is 47.5 Å². The Morgan fingerprint density at radius 1 is 1.25 bits per heavy atom. The van der Waals surface area contributed by atoms with Gasteiger partial charge in [-0.2, -0.15) is 0 Å². The van der Waals surface area contributed by atoms with Gasteiger partial charge in [-0.15, -0.1) is 0 Å². The first-order valence-corrected chi connectivity index (χ1v) is 5.11. The highest BCUT2D eigenvalue weighted by atomic mass is 16.5. The Bertz CT molecular complexity index is 221. The van der Waals surface area contributed by atoms with E-state index in [1.54, 1.807) is 19.1 Å². The number of carbonyl (C=O) groups excluding carboxylic acids is 2. The van der Waals surface area contributed by atoms with Gasteiger partial charge < -0.3 is 14.8 Å². The fraction of sp³-hybridized carbons (Fsp3) is 0.800. The maximum atomic E-state index is 11.3. The molecule has 0 aromatic carbocycles. The molecule has 0 fully saturated rings. The third-order valence-electron chi connectivity index (χ3n) is 1.89. The van der Waals surface area contributed by atoms with Crippen molar-refractivity contribution in [3.63, 3.8) is 0 Å². The number of carbonyl (C=O) groups is 2. The van der Waals surface area contributed by atoms with Crippen molar-refractivity contribution >= 4 is 11.9 Å². The zero-order chi connectivity index (χ0) is 12.4. The average Bonchev–Trinajstić information content (AvgIpc) is 2.24. The van der Waals surface area contributed by atoms with Crippen LogP contribution in [-0.4, -0.2) is 64.3 Å². The van der Waals surface area contributed by atoms with E-state index in [1.165, 1.54) is 7.11 Å². The molecule has 1 N–H and O–H groups in total. The van der Waals surface area contributed by atoms with Gasteiger partial charge in [0.1, 0.15) is 0 Å². The maximum Gasteiger partial charge on any atom is 0.319 e. The van der Waals surface area contributed by atoms with Crippen LogP contribution in [-0.2, 0) is 19.1 Å². The molecule has 0 radical (unpaired) electrons. The Labute approximate surface area is 95.9 Å². The van der Waals surface area contributed by atoms with Crippen molar-refractivity contribution in [3.05, 3.63) is 0 Å². The summed E-state index contributed by atoms with van der Waals surface area (Å²) in [6.07, 6.45) is 0.781.